The first-order valence-electron chi connectivity index (χ1n) is 7.44. The molecule has 0 fully saturated rings. The molecule has 8 heteroatoms. The van der Waals surface area contributed by atoms with Gasteiger partial charge in [0.25, 0.3) is 0 Å². The van der Waals surface area contributed by atoms with Crippen LogP contribution in [0.5, 0.6) is 0 Å². The molecule has 3 aromatic rings. The largest absolute Gasteiger partial charge is 0.478 e. The van der Waals surface area contributed by atoms with E-state index >= 15 is 0 Å². The highest BCUT2D eigenvalue weighted by Crippen LogP contribution is 2.26. The van der Waals surface area contributed by atoms with Crippen molar-refractivity contribution in [3.05, 3.63) is 69.3 Å². The van der Waals surface area contributed by atoms with Crippen molar-refractivity contribution in [2.45, 2.75) is 6.54 Å². The lowest BCUT2D eigenvalue weighted by Crippen LogP contribution is -2.03. The van der Waals surface area contributed by atoms with Crippen LogP contribution in [0.15, 0.2) is 42.5 Å². The van der Waals surface area contributed by atoms with Gasteiger partial charge in [0.1, 0.15) is 0 Å². The Morgan fingerprint density at radius 2 is 1.88 bits per heavy atom. The van der Waals surface area contributed by atoms with Crippen LogP contribution < -0.4 is 0 Å². The molecule has 0 aliphatic carbocycles. The van der Waals surface area contributed by atoms with Gasteiger partial charge in [-0.3, -0.25) is 4.68 Å². The number of carboxylic acid groups (broad SMARTS) is 2. The molecule has 0 atom stereocenters. The van der Waals surface area contributed by atoms with Crippen LogP contribution in [0, 0.1) is 0 Å². The van der Waals surface area contributed by atoms with Crippen LogP contribution in [0.1, 0.15) is 21.6 Å². The predicted molar refractivity (Wildman–Crippen MR) is 98.9 cm³/mol. The summed E-state index contributed by atoms with van der Waals surface area (Å²) >= 11 is 12.1. The SMILES string of the molecule is O=C(O)/C=C/c1nn(Cc2ccc(Cl)cc2Cl)c2cc(C(=O)O)ccc12. The van der Waals surface area contributed by atoms with E-state index < -0.39 is 11.9 Å². The quantitative estimate of drug-likeness (QED) is 0.637. The molecule has 0 spiro atoms. The Bertz CT molecular complexity index is 1060. The Morgan fingerprint density at radius 3 is 2.54 bits per heavy atom. The van der Waals surface area contributed by atoms with Gasteiger partial charge in [0.2, 0.25) is 0 Å². The lowest BCUT2D eigenvalue weighted by Gasteiger charge is -2.07. The van der Waals surface area contributed by atoms with Crippen LogP contribution in [-0.4, -0.2) is 31.9 Å². The minimum atomic E-state index is -1.10. The molecule has 2 N–H and O–H groups in total. The van der Waals surface area contributed by atoms with Crippen LogP contribution in [0.2, 0.25) is 10.0 Å². The number of fused-ring (bicyclic) bond motifs is 1. The van der Waals surface area contributed by atoms with Crippen molar-refractivity contribution in [3.63, 3.8) is 0 Å². The molecule has 0 unspecified atom stereocenters. The zero-order valence-electron chi connectivity index (χ0n) is 13.2. The summed E-state index contributed by atoms with van der Waals surface area (Å²) in [5, 5.41) is 24.1. The molecule has 6 nitrogen and oxygen atoms in total. The Balaban J connectivity index is 2.14. The second-order valence-corrected chi connectivity index (χ2v) is 6.33. The maximum absolute atomic E-state index is 11.3. The molecule has 132 valence electrons. The maximum Gasteiger partial charge on any atom is 0.335 e. The van der Waals surface area contributed by atoms with Crippen LogP contribution in [0.25, 0.3) is 17.0 Å². The molecule has 0 bridgehead atoms. The standard InChI is InChI=1S/C18H12Cl2N2O4/c19-12-3-1-11(14(20)8-12)9-22-16-7-10(18(25)26)2-4-13(16)15(21-22)5-6-17(23)24/h1-8H,9H2,(H,23,24)(H,25,26)/b6-5+. The van der Waals surface area contributed by atoms with E-state index in [0.29, 0.717) is 26.6 Å². The van der Waals surface area contributed by atoms with Gasteiger partial charge in [0.05, 0.1) is 23.3 Å². The van der Waals surface area contributed by atoms with E-state index in [-0.39, 0.29) is 12.1 Å². The fourth-order valence-electron chi connectivity index (χ4n) is 2.54. The van der Waals surface area contributed by atoms with E-state index in [1.807, 2.05) is 0 Å². The molecule has 0 aliphatic heterocycles. The fourth-order valence-corrected chi connectivity index (χ4v) is 3.01. The molecular formula is C18H12Cl2N2O4. The van der Waals surface area contributed by atoms with Crippen molar-refractivity contribution in [2.75, 3.05) is 0 Å². The van der Waals surface area contributed by atoms with E-state index in [0.717, 1.165) is 11.6 Å². The van der Waals surface area contributed by atoms with E-state index in [4.69, 9.17) is 28.3 Å². The molecule has 0 saturated carbocycles. The third-order valence-corrected chi connectivity index (χ3v) is 4.33. The zero-order chi connectivity index (χ0) is 18.8. The van der Waals surface area contributed by atoms with Gasteiger partial charge in [-0.15, -0.1) is 0 Å². The molecule has 26 heavy (non-hydrogen) atoms. The molecule has 1 aromatic heterocycles. The van der Waals surface area contributed by atoms with Gasteiger partial charge in [-0.05, 0) is 42.0 Å². The number of halogens is 2. The van der Waals surface area contributed by atoms with Crippen LogP contribution >= 0.6 is 23.2 Å². The van der Waals surface area contributed by atoms with Gasteiger partial charge in [-0.25, -0.2) is 9.59 Å². The van der Waals surface area contributed by atoms with E-state index in [1.54, 1.807) is 28.9 Å². The first kappa shape index (κ1) is 18.0. The third kappa shape index (κ3) is 3.71. The summed E-state index contributed by atoms with van der Waals surface area (Å²) in [6.07, 6.45) is 2.34. The summed E-state index contributed by atoms with van der Waals surface area (Å²) in [7, 11) is 0. The van der Waals surface area contributed by atoms with Gasteiger partial charge < -0.3 is 10.2 Å². The van der Waals surface area contributed by atoms with Crippen molar-refractivity contribution in [3.8, 4) is 0 Å². The van der Waals surface area contributed by atoms with Gasteiger partial charge in [0.15, 0.2) is 0 Å². The van der Waals surface area contributed by atoms with Crippen molar-refractivity contribution in [1.82, 2.24) is 9.78 Å². The Hall–Kier alpha value is -2.83. The predicted octanol–water partition coefficient (Wildman–Crippen LogP) is 4.19. The number of aliphatic carboxylic acids is 1. The van der Waals surface area contributed by atoms with Gasteiger partial charge in [0, 0.05) is 21.5 Å². The lowest BCUT2D eigenvalue weighted by molar-refractivity contribution is -0.131. The molecule has 0 aliphatic rings. The molecule has 0 amide bonds. The number of hydrogen-bond acceptors (Lipinski definition) is 3. The Morgan fingerprint density at radius 1 is 1.12 bits per heavy atom. The topological polar surface area (TPSA) is 92.4 Å². The highest BCUT2D eigenvalue weighted by atomic mass is 35.5. The number of aromatic nitrogens is 2. The first-order valence-corrected chi connectivity index (χ1v) is 8.19. The van der Waals surface area contributed by atoms with Gasteiger partial charge in [-0.1, -0.05) is 29.3 Å². The molecule has 0 saturated heterocycles. The summed E-state index contributed by atoms with van der Waals surface area (Å²) in [6.45, 7) is 0.274. The van der Waals surface area contributed by atoms with Gasteiger partial charge in [-0.2, -0.15) is 5.10 Å². The number of carboxylic acids is 2. The van der Waals surface area contributed by atoms with Crippen molar-refractivity contribution in [1.29, 1.82) is 0 Å². The summed E-state index contributed by atoms with van der Waals surface area (Å²) < 4.78 is 1.58. The number of rotatable bonds is 5. The monoisotopic (exact) mass is 390 g/mol. The van der Waals surface area contributed by atoms with Gasteiger partial charge >= 0.3 is 11.9 Å². The Kier molecular flexibility index (Phi) is 4.97. The van der Waals surface area contributed by atoms with Crippen molar-refractivity contribution < 1.29 is 19.8 Å². The molecule has 0 radical (unpaired) electrons. The molecular weight excluding hydrogens is 379 g/mol. The normalized spacial score (nSPS) is 11.3. The minimum absolute atomic E-state index is 0.106. The highest BCUT2D eigenvalue weighted by Gasteiger charge is 2.14. The van der Waals surface area contributed by atoms with E-state index in [9.17, 15) is 14.7 Å². The van der Waals surface area contributed by atoms with Crippen molar-refractivity contribution in [2.24, 2.45) is 0 Å². The summed E-state index contributed by atoms with van der Waals surface area (Å²) in [6, 6.07) is 9.61. The summed E-state index contributed by atoms with van der Waals surface area (Å²) in [5.41, 5.74) is 1.83. The van der Waals surface area contributed by atoms with Crippen LogP contribution in [0.3, 0.4) is 0 Å². The smallest absolute Gasteiger partial charge is 0.335 e. The van der Waals surface area contributed by atoms with Crippen molar-refractivity contribution >= 4 is 52.1 Å². The first-order chi connectivity index (χ1) is 12.3. The fraction of sp³-hybridized carbons (Fsp3) is 0.0556. The summed E-state index contributed by atoms with van der Waals surface area (Å²) in [5.74, 6) is -2.16. The second-order valence-electron chi connectivity index (χ2n) is 5.49. The Labute approximate surface area is 157 Å². The van der Waals surface area contributed by atoms with E-state index in [2.05, 4.69) is 5.10 Å². The molecule has 2 aromatic carbocycles. The lowest BCUT2D eigenvalue weighted by atomic mass is 10.1. The number of benzene rings is 2. The third-order valence-electron chi connectivity index (χ3n) is 3.75. The van der Waals surface area contributed by atoms with E-state index in [1.165, 1.54) is 18.2 Å². The maximum atomic E-state index is 11.3. The molecule has 3 rings (SSSR count). The summed E-state index contributed by atoms with van der Waals surface area (Å²) in [4.78, 5) is 22.1. The number of nitrogens with zero attached hydrogens (tertiary/aromatic N) is 2. The van der Waals surface area contributed by atoms with Crippen LogP contribution in [0.4, 0.5) is 0 Å². The zero-order valence-corrected chi connectivity index (χ0v) is 14.7. The minimum Gasteiger partial charge on any atom is -0.478 e. The second kappa shape index (κ2) is 7.19. The number of aromatic carboxylic acids is 1. The average molecular weight is 391 g/mol. The highest BCUT2D eigenvalue weighted by molar-refractivity contribution is 6.35. The number of hydrogen-bond donors (Lipinski definition) is 2. The van der Waals surface area contributed by atoms with Crippen LogP contribution in [-0.2, 0) is 11.3 Å². The molecule has 1 heterocycles. The average Bonchev–Trinajstić information content (AvgIpc) is 2.92. The number of carbonyl (C=O) groups is 2.